The lowest BCUT2D eigenvalue weighted by Crippen LogP contribution is -2.33. The first-order valence-corrected chi connectivity index (χ1v) is 8.48. The lowest BCUT2D eigenvalue weighted by molar-refractivity contribution is -0.122. The molecule has 2 fully saturated rings. The number of likely N-dealkylation sites (tertiary alicyclic amines) is 1. The monoisotopic (exact) mass is 336 g/mol. The van der Waals surface area contributed by atoms with E-state index >= 15 is 0 Å². The highest BCUT2D eigenvalue weighted by Gasteiger charge is 2.43. The van der Waals surface area contributed by atoms with Crippen molar-refractivity contribution in [2.45, 2.75) is 0 Å². The number of carbonyl (C=O) groups excluding carboxylic acids is 2. The van der Waals surface area contributed by atoms with Crippen molar-refractivity contribution in [1.82, 2.24) is 10.2 Å². The van der Waals surface area contributed by atoms with Crippen molar-refractivity contribution in [1.29, 1.82) is 0 Å². The van der Waals surface area contributed by atoms with Crippen LogP contribution in [0.4, 0.5) is 0 Å². The topological polar surface area (TPSA) is 58.6 Å². The zero-order chi connectivity index (χ0) is 17.4. The van der Waals surface area contributed by atoms with Crippen LogP contribution in [0.25, 0.3) is 11.1 Å². The quantitative estimate of drug-likeness (QED) is 0.935. The fraction of sp³-hybridized carbons (Fsp3) is 0.300. The van der Waals surface area contributed by atoms with Gasteiger partial charge in [0.2, 0.25) is 5.91 Å². The first-order valence-electron chi connectivity index (χ1n) is 8.48. The molecule has 0 saturated carbocycles. The van der Waals surface area contributed by atoms with Gasteiger partial charge in [-0.1, -0.05) is 30.3 Å². The molecular formula is C20H20N2O3. The average molecular weight is 336 g/mol. The zero-order valence-electron chi connectivity index (χ0n) is 14.1. The normalized spacial score (nSPS) is 21.8. The van der Waals surface area contributed by atoms with Crippen LogP contribution in [-0.4, -0.2) is 43.5 Å². The van der Waals surface area contributed by atoms with Crippen molar-refractivity contribution >= 4 is 11.8 Å². The molecule has 0 bridgehead atoms. The molecule has 0 aliphatic carbocycles. The van der Waals surface area contributed by atoms with E-state index in [-0.39, 0.29) is 23.7 Å². The molecule has 0 spiro atoms. The number of para-hydroxylation sites is 1. The summed E-state index contributed by atoms with van der Waals surface area (Å²) in [7, 11) is 1.64. The van der Waals surface area contributed by atoms with Gasteiger partial charge in [0.15, 0.2) is 0 Å². The molecule has 2 heterocycles. The second-order valence-electron chi connectivity index (χ2n) is 6.60. The maximum atomic E-state index is 12.9. The van der Waals surface area contributed by atoms with Gasteiger partial charge in [0, 0.05) is 36.7 Å². The van der Waals surface area contributed by atoms with Crippen molar-refractivity contribution < 1.29 is 14.3 Å². The molecule has 2 atom stereocenters. The van der Waals surface area contributed by atoms with Gasteiger partial charge in [-0.05, 0) is 23.8 Å². The molecule has 1 N–H and O–H groups in total. The lowest BCUT2D eigenvalue weighted by Gasteiger charge is -2.18. The van der Waals surface area contributed by atoms with Crippen molar-refractivity contribution in [2.24, 2.45) is 11.8 Å². The number of rotatable bonds is 3. The predicted molar refractivity (Wildman–Crippen MR) is 94.3 cm³/mol. The summed E-state index contributed by atoms with van der Waals surface area (Å²) in [6.45, 7) is 1.82. The largest absolute Gasteiger partial charge is 0.496 e. The summed E-state index contributed by atoms with van der Waals surface area (Å²) in [5.74, 6) is 1.02. The molecule has 2 saturated heterocycles. The number of nitrogens with one attached hydrogen (secondary N) is 1. The number of hydrogen-bond donors (Lipinski definition) is 1. The van der Waals surface area contributed by atoms with Crippen molar-refractivity contribution in [3.05, 3.63) is 54.1 Å². The van der Waals surface area contributed by atoms with Gasteiger partial charge in [-0.3, -0.25) is 9.59 Å². The summed E-state index contributed by atoms with van der Waals surface area (Å²) in [4.78, 5) is 26.5. The minimum Gasteiger partial charge on any atom is -0.496 e. The molecule has 25 heavy (non-hydrogen) atoms. The molecular weight excluding hydrogens is 316 g/mol. The van der Waals surface area contributed by atoms with Crippen LogP contribution in [0.2, 0.25) is 0 Å². The third-order valence-electron chi connectivity index (χ3n) is 5.13. The van der Waals surface area contributed by atoms with Gasteiger partial charge in [-0.25, -0.2) is 0 Å². The van der Waals surface area contributed by atoms with E-state index in [0.29, 0.717) is 25.2 Å². The van der Waals surface area contributed by atoms with Crippen LogP contribution in [0, 0.1) is 11.8 Å². The van der Waals surface area contributed by atoms with E-state index in [1.165, 1.54) is 0 Å². The highest BCUT2D eigenvalue weighted by Crippen LogP contribution is 2.32. The Bertz CT molecular complexity index is 833. The zero-order valence-corrected chi connectivity index (χ0v) is 14.1. The Hall–Kier alpha value is -2.82. The van der Waals surface area contributed by atoms with Crippen LogP contribution in [0.3, 0.4) is 0 Å². The molecule has 2 aliphatic heterocycles. The SMILES string of the molecule is COc1ccccc1-c1cccc(C(=O)N2C[C@@H]3CNC(=O)[C@@H]3C2)c1. The van der Waals surface area contributed by atoms with Crippen LogP contribution in [0.5, 0.6) is 5.75 Å². The van der Waals surface area contributed by atoms with E-state index in [1.807, 2.05) is 48.5 Å². The fourth-order valence-corrected chi connectivity index (χ4v) is 3.79. The summed E-state index contributed by atoms with van der Waals surface area (Å²) in [6.07, 6.45) is 0. The molecule has 0 unspecified atom stereocenters. The second-order valence-corrected chi connectivity index (χ2v) is 6.60. The fourth-order valence-electron chi connectivity index (χ4n) is 3.79. The summed E-state index contributed by atoms with van der Waals surface area (Å²) < 4.78 is 5.42. The van der Waals surface area contributed by atoms with E-state index in [1.54, 1.807) is 12.0 Å². The van der Waals surface area contributed by atoms with Crippen molar-refractivity contribution in [3.8, 4) is 16.9 Å². The summed E-state index contributed by atoms with van der Waals surface area (Å²) >= 11 is 0. The number of ether oxygens (including phenoxy) is 1. The van der Waals surface area contributed by atoms with Crippen molar-refractivity contribution in [3.63, 3.8) is 0 Å². The Morgan fingerprint density at radius 1 is 1.16 bits per heavy atom. The van der Waals surface area contributed by atoms with Gasteiger partial charge >= 0.3 is 0 Å². The predicted octanol–water partition coefficient (Wildman–Crippen LogP) is 2.18. The van der Waals surface area contributed by atoms with E-state index in [0.717, 1.165) is 16.9 Å². The number of methoxy groups -OCH3 is 1. The first-order chi connectivity index (χ1) is 12.2. The van der Waals surface area contributed by atoms with Gasteiger partial charge in [-0.2, -0.15) is 0 Å². The first kappa shape index (κ1) is 15.7. The third kappa shape index (κ3) is 2.76. The van der Waals surface area contributed by atoms with Crippen LogP contribution in [0.1, 0.15) is 10.4 Å². The Balaban J connectivity index is 1.60. The Morgan fingerprint density at radius 2 is 2.00 bits per heavy atom. The number of carbonyl (C=O) groups is 2. The molecule has 0 radical (unpaired) electrons. The molecule has 2 amide bonds. The number of nitrogens with zero attached hydrogens (tertiary/aromatic N) is 1. The van der Waals surface area contributed by atoms with Crippen LogP contribution in [-0.2, 0) is 4.79 Å². The van der Waals surface area contributed by atoms with Gasteiger partial charge in [0.05, 0.1) is 13.0 Å². The molecule has 4 rings (SSSR count). The summed E-state index contributed by atoms with van der Waals surface area (Å²) in [5.41, 5.74) is 2.54. The number of benzene rings is 2. The lowest BCUT2D eigenvalue weighted by atomic mass is 10.0. The smallest absolute Gasteiger partial charge is 0.253 e. The average Bonchev–Trinajstić information content (AvgIpc) is 3.23. The van der Waals surface area contributed by atoms with E-state index in [4.69, 9.17) is 4.74 Å². The van der Waals surface area contributed by atoms with Crippen LogP contribution in [0.15, 0.2) is 48.5 Å². The molecule has 2 aromatic rings. The van der Waals surface area contributed by atoms with Crippen LogP contribution >= 0.6 is 0 Å². The van der Waals surface area contributed by atoms with E-state index < -0.39 is 0 Å². The highest BCUT2D eigenvalue weighted by atomic mass is 16.5. The minimum absolute atomic E-state index is 0.0149. The van der Waals surface area contributed by atoms with Gasteiger partial charge < -0.3 is 15.0 Å². The third-order valence-corrected chi connectivity index (χ3v) is 5.13. The summed E-state index contributed by atoms with van der Waals surface area (Å²) in [6, 6.07) is 15.3. The molecule has 0 aromatic heterocycles. The van der Waals surface area contributed by atoms with Gasteiger partial charge in [0.25, 0.3) is 5.91 Å². The number of fused-ring (bicyclic) bond motifs is 1. The molecule has 128 valence electrons. The molecule has 5 heteroatoms. The minimum atomic E-state index is -0.0543. The van der Waals surface area contributed by atoms with E-state index in [2.05, 4.69) is 5.32 Å². The van der Waals surface area contributed by atoms with Gasteiger partial charge in [0.1, 0.15) is 5.75 Å². The van der Waals surface area contributed by atoms with Gasteiger partial charge in [-0.15, -0.1) is 0 Å². The Labute approximate surface area is 146 Å². The molecule has 2 aromatic carbocycles. The van der Waals surface area contributed by atoms with Crippen molar-refractivity contribution in [2.75, 3.05) is 26.7 Å². The Kier molecular flexibility index (Phi) is 3.92. The highest BCUT2D eigenvalue weighted by molar-refractivity contribution is 5.96. The maximum Gasteiger partial charge on any atom is 0.253 e. The molecule has 5 nitrogen and oxygen atoms in total. The maximum absolute atomic E-state index is 12.9. The summed E-state index contributed by atoms with van der Waals surface area (Å²) in [5, 5.41) is 2.87. The number of hydrogen-bond acceptors (Lipinski definition) is 3. The molecule has 2 aliphatic rings. The van der Waals surface area contributed by atoms with Crippen LogP contribution < -0.4 is 10.1 Å². The van der Waals surface area contributed by atoms with E-state index in [9.17, 15) is 9.59 Å². The second kappa shape index (κ2) is 6.24. The standard InChI is InChI=1S/C20H20N2O3/c1-25-18-8-3-2-7-16(18)13-5-4-6-14(9-13)20(24)22-11-15-10-21-19(23)17(15)12-22/h2-9,15,17H,10-12H2,1H3,(H,21,23)/t15-,17+/m0/s1. The Morgan fingerprint density at radius 3 is 2.80 bits per heavy atom. The number of amides is 2.